The van der Waals surface area contributed by atoms with Crippen molar-refractivity contribution in [1.82, 2.24) is 3.97 Å². The Balaban J connectivity index is 1.85. The molecule has 0 N–H and O–H groups in total. The molecule has 0 aliphatic rings. The van der Waals surface area contributed by atoms with Crippen molar-refractivity contribution in [3.8, 4) is 11.1 Å². The largest absolute Gasteiger partial charge is 0.294 e. The molecule has 0 spiro atoms. The number of aryl methyl sites for hydroxylation is 1. The number of rotatable bonds is 4. The molecule has 1 aromatic heterocycles. The summed E-state index contributed by atoms with van der Waals surface area (Å²) in [5.41, 5.74) is 4.39. The van der Waals surface area contributed by atoms with Gasteiger partial charge in [0.05, 0.1) is 15.9 Å². The molecule has 158 valence electrons. The molecule has 0 atom stereocenters. The Kier molecular flexibility index (Phi) is 4.72. The maximum Gasteiger partial charge on any atom is 0.268 e. The zero-order valence-corrected chi connectivity index (χ0v) is 18.6. The van der Waals surface area contributed by atoms with Gasteiger partial charge in [-0.1, -0.05) is 72.3 Å². The number of nitrogens with zero attached hydrogens (tertiary/aromatic N) is 1. The van der Waals surface area contributed by atoms with Crippen molar-refractivity contribution in [3.63, 3.8) is 0 Å². The molecule has 0 unspecified atom stereocenters. The minimum absolute atomic E-state index is 0.0338. The molecule has 1 heterocycles. The average Bonchev–Trinajstić information content (AvgIpc) is 3.13. The van der Waals surface area contributed by atoms with Gasteiger partial charge in [-0.05, 0) is 49.2 Å². The maximum absolute atomic E-state index is 13.8. The topological polar surface area (TPSA) is 56.1 Å². The molecule has 4 nitrogen and oxygen atoms in total. The van der Waals surface area contributed by atoms with E-state index in [0.717, 1.165) is 27.5 Å². The zero-order chi connectivity index (χ0) is 22.5. The zero-order valence-electron chi connectivity index (χ0n) is 17.7. The van der Waals surface area contributed by atoms with Crippen molar-refractivity contribution in [2.24, 2.45) is 0 Å². The third-order valence-corrected chi connectivity index (χ3v) is 7.55. The Bertz CT molecular complexity index is 1610. The highest BCUT2D eigenvalue weighted by atomic mass is 32.2. The number of hydrogen-bond acceptors (Lipinski definition) is 3. The summed E-state index contributed by atoms with van der Waals surface area (Å²) in [6.45, 7) is 3.46. The molecule has 4 aromatic carbocycles. The van der Waals surface area contributed by atoms with E-state index in [1.807, 2.05) is 67.6 Å². The van der Waals surface area contributed by atoms with Gasteiger partial charge in [0.2, 0.25) is 0 Å². The molecule has 0 bridgehead atoms. The molecular formula is C27H21NO3S. The second-order valence-electron chi connectivity index (χ2n) is 7.93. The number of aromatic nitrogens is 1. The summed E-state index contributed by atoms with van der Waals surface area (Å²) in [5, 5.41) is 1.71. The van der Waals surface area contributed by atoms with E-state index >= 15 is 0 Å². The van der Waals surface area contributed by atoms with E-state index in [2.05, 4.69) is 0 Å². The Morgan fingerprint density at radius 3 is 2.16 bits per heavy atom. The third kappa shape index (κ3) is 3.13. The number of benzene rings is 4. The fraction of sp³-hybridized carbons (Fsp3) is 0.0741. The summed E-state index contributed by atoms with van der Waals surface area (Å²) in [7, 11) is -3.84. The first-order chi connectivity index (χ1) is 15.4. The number of hydrogen-bond donors (Lipinski definition) is 0. The molecule has 0 aliphatic carbocycles. The van der Waals surface area contributed by atoms with Crippen LogP contribution in [0.1, 0.15) is 22.8 Å². The number of carbonyl (C=O) groups excluding carboxylic acids is 1. The van der Waals surface area contributed by atoms with E-state index in [4.69, 9.17) is 0 Å². The van der Waals surface area contributed by atoms with Gasteiger partial charge < -0.3 is 0 Å². The molecule has 0 radical (unpaired) electrons. The fourth-order valence-corrected chi connectivity index (χ4v) is 5.74. The van der Waals surface area contributed by atoms with Gasteiger partial charge >= 0.3 is 0 Å². The van der Waals surface area contributed by atoms with E-state index in [-0.39, 0.29) is 10.7 Å². The highest BCUT2D eigenvalue weighted by Crippen LogP contribution is 2.36. The van der Waals surface area contributed by atoms with Gasteiger partial charge in [-0.25, -0.2) is 12.4 Å². The summed E-state index contributed by atoms with van der Waals surface area (Å²) in [6, 6.07) is 27.5. The van der Waals surface area contributed by atoms with Gasteiger partial charge in [-0.2, -0.15) is 0 Å². The molecule has 0 fully saturated rings. The van der Waals surface area contributed by atoms with Crippen LogP contribution in [0, 0.1) is 6.92 Å². The number of ketones is 1. The van der Waals surface area contributed by atoms with Crippen LogP contribution in [-0.4, -0.2) is 18.2 Å². The average molecular weight is 440 g/mol. The van der Waals surface area contributed by atoms with Gasteiger partial charge in [-0.3, -0.25) is 4.79 Å². The first-order valence-corrected chi connectivity index (χ1v) is 11.8. The molecule has 0 aliphatic heterocycles. The quantitative estimate of drug-likeness (QED) is 0.313. The highest BCUT2D eigenvalue weighted by Gasteiger charge is 2.23. The maximum atomic E-state index is 13.8. The summed E-state index contributed by atoms with van der Waals surface area (Å²) < 4.78 is 29.0. The molecule has 0 saturated carbocycles. The minimum Gasteiger partial charge on any atom is -0.294 e. The molecule has 32 heavy (non-hydrogen) atoms. The SMILES string of the molecule is CC(=O)c1ccccc1-c1ccc2c3ccccc3n(S(=O)(=O)c3ccc(C)cc3)c2c1. The number of fused-ring (bicyclic) bond motifs is 3. The predicted octanol–water partition coefficient (Wildman–Crippen LogP) is 6.21. The van der Waals surface area contributed by atoms with Crippen LogP contribution in [0.4, 0.5) is 0 Å². The lowest BCUT2D eigenvalue weighted by Gasteiger charge is -2.11. The van der Waals surface area contributed by atoms with Crippen LogP contribution in [0.25, 0.3) is 32.9 Å². The van der Waals surface area contributed by atoms with Crippen LogP contribution in [0.3, 0.4) is 0 Å². The second-order valence-corrected chi connectivity index (χ2v) is 9.72. The van der Waals surface area contributed by atoms with E-state index in [1.54, 1.807) is 30.3 Å². The van der Waals surface area contributed by atoms with Crippen LogP contribution < -0.4 is 0 Å². The molecule has 0 saturated heterocycles. The standard InChI is InChI=1S/C27H21NO3S/c1-18-11-14-21(15-12-18)32(30,31)28-26-10-6-5-9-24(26)25-16-13-20(17-27(25)28)23-8-4-3-7-22(23)19(2)29/h3-17H,1-2H3. The second kappa shape index (κ2) is 7.46. The van der Waals surface area contributed by atoms with Crippen LogP contribution in [0.5, 0.6) is 0 Å². The molecule has 5 aromatic rings. The number of carbonyl (C=O) groups is 1. The summed E-state index contributed by atoms with van der Waals surface area (Å²) in [4.78, 5) is 12.4. The lowest BCUT2D eigenvalue weighted by atomic mass is 9.96. The first kappa shape index (κ1) is 20.2. The Hall–Kier alpha value is -3.70. The molecule has 5 heteroatoms. The van der Waals surface area contributed by atoms with E-state index in [9.17, 15) is 13.2 Å². The predicted molar refractivity (Wildman–Crippen MR) is 129 cm³/mol. The van der Waals surface area contributed by atoms with Gasteiger partial charge in [0.15, 0.2) is 5.78 Å². The normalized spacial score (nSPS) is 11.8. The van der Waals surface area contributed by atoms with Crippen molar-refractivity contribution in [2.75, 3.05) is 0 Å². The summed E-state index contributed by atoms with van der Waals surface area (Å²) in [6.07, 6.45) is 0. The lowest BCUT2D eigenvalue weighted by Crippen LogP contribution is -2.12. The Morgan fingerprint density at radius 2 is 1.41 bits per heavy atom. The minimum atomic E-state index is -3.84. The smallest absolute Gasteiger partial charge is 0.268 e. The first-order valence-electron chi connectivity index (χ1n) is 10.3. The molecular weight excluding hydrogens is 418 g/mol. The van der Waals surface area contributed by atoms with Crippen LogP contribution in [0.15, 0.2) is 95.9 Å². The molecule has 5 rings (SSSR count). The van der Waals surface area contributed by atoms with Crippen molar-refractivity contribution >= 4 is 37.6 Å². The Morgan fingerprint density at radius 1 is 0.750 bits per heavy atom. The summed E-state index contributed by atoms with van der Waals surface area (Å²) >= 11 is 0. The monoisotopic (exact) mass is 439 g/mol. The van der Waals surface area contributed by atoms with Gasteiger partial charge in [-0.15, -0.1) is 0 Å². The van der Waals surface area contributed by atoms with Gasteiger partial charge in [0.25, 0.3) is 10.0 Å². The van der Waals surface area contributed by atoms with Crippen molar-refractivity contribution in [3.05, 3.63) is 102 Å². The highest BCUT2D eigenvalue weighted by molar-refractivity contribution is 7.90. The lowest BCUT2D eigenvalue weighted by molar-refractivity contribution is 0.101. The van der Waals surface area contributed by atoms with Crippen molar-refractivity contribution < 1.29 is 13.2 Å². The fourth-order valence-electron chi connectivity index (χ4n) is 4.22. The number of para-hydroxylation sites is 1. The van der Waals surface area contributed by atoms with Crippen LogP contribution in [0.2, 0.25) is 0 Å². The van der Waals surface area contributed by atoms with Gasteiger partial charge in [0.1, 0.15) is 0 Å². The third-order valence-electron chi connectivity index (χ3n) is 5.81. The number of Topliss-reactive ketones (excluding diaryl/α,β-unsaturated/α-hetero) is 1. The molecule has 0 amide bonds. The van der Waals surface area contributed by atoms with Crippen LogP contribution >= 0.6 is 0 Å². The van der Waals surface area contributed by atoms with E-state index in [1.165, 1.54) is 10.9 Å². The van der Waals surface area contributed by atoms with E-state index < -0.39 is 10.0 Å². The summed E-state index contributed by atoms with van der Waals surface area (Å²) in [5.74, 6) is -0.0338. The Labute approximate surface area is 186 Å². The van der Waals surface area contributed by atoms with Gasteiger partial charge in [0, 0.05) is 16.3 Å². The van der Waals surface area contributed by atoms with Crippen molar-refractivity contribution in [2.45, 2.75) is 18.7 Å². The van der Waals surface area contributed by atoms with Crippen LogP contribution in [-0.2, 0) is 10.0 Å². The van der Waals surface area contributed by atoms with E-state index in [0.29, 0.717) is 16.6 Å². The van der Waals surface area contributed by atoms with Crippen molar-refractivity contribution in [1.29, 1.82) is 0 Å².